The molecule has 1 unspecified atom stereocenters. The van der Waals surface area contributed by atoms with E-state index in [1.54, 1.807) is 43.3 Å². The summed E-state index contributed by atoms with van der Waals surface area (Å²) in [6, 6.07) is 13.0. The number of halogens is 1. The Morgan fingerprint density at radius 1 is 1.11 bits per heavy atom. The SMILES string of the molecule is Cc1ccccc1C(=O)[C@]1(O)CC(O)O[C@@]1(CO)C(=O)c1ccccc1CCl. The quantitative estimate of drug-likeness (QED) is 0.502. The lowest BCUT2D eigenvalue weighted by Gasteiger charge is -2.37. The van der Waals surface area contributed by atoms with E-state index in [0.29, 0.717) is 11.1 Å². The maximum Gasteiger partial charge on any atom is 0.200 e. The van der Waals surface area contributed by atoms with E-state index < -0.39 is 42.1 Å². The maximum atomic E-state index is 13.4. The lowest BCUT2D eigenvalue weighted by molar-refractivity contribution is -0.154. The van der Waals surface area contributed by atoms with Crippen molar-refractivity contribution in [3.05, 3.63) is 70.8 Å². The highest BCUT2D eigenvalue weighted by atomic mass is 35.5. The second-order valence-corrected chi connectivity index (χ2v) is 7.15. The van der Waals surface area contributed by atoms with Crippen LogP contribution in [0, 0.1) is 6.92 Å². The summed E-state index contributed by atoms with van der Waals surface area (Å²) in [5, 5.41) is 31.6. The molecule has 0 aliphatic carbocycles. The minimum Gasteiger partial charge on any atom is -0.393 e. The third-order valence-corrected chi connectivity index (χ3v) is 5.52. The van der Waals surface area contributed by atoms with Crippen LogP contribution in [0.3, 0.4) is 0 Å². The second kappa shape index (κ2) is 7.73. The molecule has 0 saturated carbocycles. The van der Waals surface area contributed by atoms with Crippen LogP contribution in [-0.4, -0.2) is 51.0 Å². The summed E-state index contributed by atoms with van der Waals surface area (Å²) in [5.41, 5.74) is -3.48. The molecule has 0 bridgehead atoms. The fourth-order valence-corrected chi connectivity index (χ4v) is 3.91. The average Bonchev–Trinajstić information content (AvgIpc) is 2.98. The lowest BCUT2D eigenvalue weighted by atomic mass is 9.72. The third-order valence-electron chi connectivity index (χ3n) is 5.24. The van der Waals surface area contributed by atoms with E-state index in [2.05, 4.69) is 0 Å². The summed E-state index contributed by atoms with van der Waals surface area (Å²) in [6.45, 7) is 0.696. The molecule has 7 heteroatoms. The number of benzene rings is 2. The van der Waals surface area contributed by atoms with Gasteiger partial charge in [0.25, 0.3) is 0 Å². The first-order chi connectivity index (χ1) is 13.3. The minimum atomic E-state index is -2.45. The van der Waals surface area contributed by atoms with E-state index in [0.717, 1.165) is 0 Å². The van der Waals surface area contributed by atoms with Gasteiger partial charge in [-0.15, -0.1) is 11.6 Å². The van der Waals surface area contributed by atoms with Crippen LogP contribution in [-0.2, 0) is 10.6 Å². The molecule has 1 aliphatic rings. The number of aliphatic hydroxyl groups is 3. The molecule has 148 valence electrons. The van der Waals surface area contributed by atoms with Gasteiger partial charge in [0.2, 0.25) is 5.78 Å². The summed E-state index contributed by atoms with van der Waals surface area (Å²) in [4.78, 5) is 26.7. The highest BCUT2D eigenvalue weighted by Gasteiger charge is 2.67. The molecule has 3 N–H and O–H groups in total. The number of rotatable bonds is 6. The first kappa shape index (κ1) is 20.6. The number of alkyl halides is 1. The summed E-state index contributed by atoms with van der Waals surface area (Å²) < 4.78 is 5.35. The molecule has 1 aliphatic heterocycles. The van der Waals surface area contributed by atoms with Crippen molar-refractivity contribution < 1.29 is 29.6 Å². The molecule has 2 aromatic rings. The molecule has 0 amide bonds. The van der Waals surface area contributed by atoms with Gasteiger partial charge in [-0.05, 0) is 18.1 Å². The Labute approximate surface area is 167 Å². The highest BCUT2D eigenvalue weighted by molar-refractivity contribution is 6.19. The standard InChI is InChI=1S/C21H21ClO6/c1-13-6-2-4-8-15(13)18(25)20(27)10-17(24)28-21(20,12-23)19(26)16-9-5-3-7-14(16)11-22/h2-9,17,23-24,27H,10-12H2,1H3/t17?,20-,21+/m1/s1. The van der Waals surface area contributed by atoms with Crippen molar-refractivity contribution >= 4 is 23.2 Å². The van der Waals surface area contributed by atoms with E-state index in [-0.39, 0.29) is 17.0 Å². The normalized spacial score (nSPS) is 27.0. The smallest absolute Gasteiger partial charge is 0.200 e. The van der Waals surface area contributed by atoms with E-state index in [4.69, 9.17) is 16.3 Å². The topological polar surface area (TPSA) is 104 Å². The van der Waals surface area contributed by atoms with Crippen LogP contribution in [0.2, 0.25) is 0 Å². The zero-order chi connectivity index (χ0) is 20.5. The van der Waals surface area contributed by atoms with Crippen LogP contribution in [0.25, 0.3) is 0 Å². The molecule has 1 saturated heterocycles. The molecule has 1 heterocycles. The maximum absolute atomic E-state index is 13.4. The largest absolute Gasteiger partial charge is 0.393 e. The first-order valence-electron chi connectivity index (χ1n) is 8.79. The molecule has 6 nitrogen and oxygen atoms in total. The number of carbonyl (C=O) groups excluding carboxylic acids is 2. The van der Waals surface area contributed by atoms with Crippen molar-refractivity contribution in [3.63, 3.8) is 0 Å². The average molecular weight is 405 g/mol. The fourth-order valence-electron chi connectivity index (χ4n) is 3.67. The molecule has 3 rings (SSSR count). The van der Waals surface area contributed by atoms with Gasteiger partial charge in [0, 0.05) is 23.4 Å². The number of ketones is 2. The van der Waals surface area contributed by atoms with Gasteiger partial charge in [0.15, 0.2) is 23.3 Å². The highest BCUT2D eigenvalue weighted by Crippen LogP contribution is 2.44. The van der Waals surface area contributed by atoms with Crippen LogP contribution < -0.4 is 0 Å². The zero-order valence-electron chi connectivity index (χ0n) is 15.3. The lowest BCUT2D eigenvalue weighted by Crippen LogP contribution is -2.63. The third kappa shape index (κ3) is 3.07. The number of aryl methyl sites for hydroxylation is 1. The van der Waals surface area contributed by atoms with Crippen molar-refractivity contribution in [1.29, 1.82) is 0 Å². The summed E-state index contributed by atoms with van der Waals surface area (Å²) >= 11 is 5.92. The fraction of sp³-hybridized carbons (Fsp3) is 0.333. The van der Waals surface area contributed by atoms with Crippen LogP contribution in [0.1, 0.15) is 38.3 Å². The number of ether oxygens (including phenoxy) is 1. The monoisotopic (exact) mass is 404 g/mol. The van der Waals surface area contributed by atoms with E-state index in [9.17, 15) is 24.9 Å². The summed E-state index contributed by atoms with van der Waals surface area (Å²) in [5.74, 6) is -1.60. The van der Waals surface area contributed by atoms with Crippen LogP contribution in [0.15, 0.2) is 48.5 Å². The van der Waals surface area contributed by atoms with Crippen LogP contribution >= 0.6 is 11.6 Å². The van der Waals surface area contributed by atoms with E-state index >= 15 is 0 Å². The molecule has 0 spiro atoms. The number of aliphatic hydroxyl groups excluding tert-OH is 2. The van der Waals surface area contributed by atoms with Gasteiger partial charge >= 0.3 is 0 Å². The Morgan fingerprint density at radius 2 is 1.71 bits per heavy atom. The number of carbonyl (C=O) groups is 2. The van der Waals surface area contributed by atoms with Gasteiger partial charge in [-0.3, -0.25) is 9.59 Å². The van der Waals surface area contributed by atoms with E-state index in [1.807, 2.05) is 0 Å². The van der Waals surface area contributed by atoms with Crippen molar-refractivity contribution in [2.45, 2.75) is 36.7 Å². The van der Waals surface area contributed by atoms with Gasteiger partial charge in [-0.25, -0.2) is 0 Å². The molecular weight excluding hydrogens is 384 g/mol. The van der Waals surface area contributed by atoms with Gasteiger partial charge in [-0.1, -0.05) is 48.5 Å². The van der Waals surface area contributed by atoms with Crippen molar-refractivity contribution in [3.8, 4) is 0 Å². The molecule has 0 radical (unpaired) electrons. The Balaban J connectivity index is 2.16. The van der Waals surface area contributed by atoms with Gasteiger partial charge in [-0.2, -0.15) is 0 Å². The number of Topliss-reactive ketones (excluding diaryl/α,β-unsaturated/α-hetero) is 2. The number of hydrogen-bond donors (Lipinski definition) is 3. The Hall–Kier alpha value is -2.09. The van der Waals surface area contributed by atoms with Crippen molar-refractivity contribution in [2.24, 2.45) is 0 Å². The molecular formula is C21H21ClO6. The molecule has 28 heavy (non-hydrogen) atoms. The summed E-state index contributed by atoms with van der Waals surface area (Å²) in [6.07, 6.45) is -2.15. The van der Waals surface area contributed by atoms with E-state index in [1.165, 1.54) is 12.1 Å². The predicted molar refractivity (Wildman–Crippen MR) is 102 cm³/mol. The molecule has 1 fully saturated rings. The van der Waals surface area contributed by atoms with Crippen LogP contribution in [0.5, 0.6) is 0 Å². The Bertz CT molecular complexity index is 913. The van der Waals surface area contributed by atoms with Crippen molar-refractivity contribution in [2.75, 3.05) is 6.61 Å². The Kier molecular flexibility index (Phi) is 5.70. The van der Waals surface area contributed by atoms with Crippen LogP contribution in [0.4, 0.5) is 0 Å². The summed E-state index contributed by atoms with van der Waals surface area (Å²) in [7, 11) is 0. The Morgan fingerprint density at radius 3 is 2.32 bits per heavy atom. The zero-order valence-corrected chi connectivity index (χ0v) is 16.0. The van der Waals surface area contributed by atoms with Gasteiger partial charge in [0.05, 0.1) is 6.61 Å². The van der Waals surface area contributed by atoms with Crippen molar-refractivity contribution in [1.82, 2.24) is 0 Å². The molecule has 0 aromatic heterocycles. The van der Waals surface area contributed by atoms with Gasteiger partial charge < -0.3 is 20.1 Å². The second-order valence-electron chi connectivity index (χ2n) is 6.89. The molecule has 2 aromatic carbocycles. The number of hydrogen-bond acceptors (Lipinski definition) is 6. The predicted octanol–water partition coefficient (Wildman–Crippen LogP) is 2.00. The van der Waals surface area contributed by atoms with Gasteiger partial charge in [0.1, 0.15) is 0 Å². The first-order valence-corrected chi connectivity index (χ1v) is 9.32. The molecule has 3 atom stereocenters. The minimum absolute atomic E-state index is 0.0101.